The number of anilines is 1. The molecule has 35 heavy (non-hydrogen) atoms. The van der Waals surface area contributed by atoms with Gasteiger partial charge in [0.05, 0.1) is 25.5 Å². The Morgan fingerprint density at radius 1 is 0.857 bits per heavy atom. The predicted molar refractivity (Wildman–Crippen MR) is 132 cm³/mol. The van der Waals surface area contributed by atoms with Crippen molar-refractivity contribution in [2.75, 3.05) is 19.5 Å². The quantitative estimate of drug-likeness (QED) is 0.344. The van der Waals surface area contributed by atoms with Crippen molar-refractivity contribution in [2.24, 2.45) is 0 Å². The maximum Gasteiger partial charge on any atom is 0.338 e. The predicted octanol–water partition coefficient (Wildman–Crippen LogP) is 4.59. The average Bonchev–Trinajstić information content (AvgIpc) is 2.92. The number of ether oxygens (including phenoxy) is 2. The van der Waals surface area contributed by atoms with E-state index in [9.17, 15) is 9.59 Å². The molecule has 2 aromatic heterocycles. The number of pyridine rings is 2. The van der Waals surface area contributed by atoms with Crippen LogP contribution in [-0.4, -0.2) is 36.1 Å². The van der Waals surface area contributed by atoms with Gasteiger partial charge in [-0.1, -0.05) is 30.0 Å². The zero-order valence-electron chi connectivity index (χ0n) is 19.1. The van der Waals surface area contributed by atoms with Crippen molar-refractivity contribution in [3.63, 3.8) is 0 Å². The number of hydrogen-bond acceptors (Lipinski definition) is 6. The molecule has 4 rings (SSSR count). The van der Waals surface area contributed by atoms with E-state index >= 15 is 0 Å². The molecule has 2 heterocycles. The highest BCUT2D eigenvalue weighted by Crippen LogP contribution is 2.23. The molecule has 0 unspecified atom stereocenters. The fourth-order valence-corrected chi connectivity index (χ4v) is 3.24. The first-order valence-corrected chi connectivity index (χ1v) is 10.6. The second-order valence-corrected chi connectivity index (χ2v) is 7.37. The molecule has 4 aromatic rings. The smallest absolute Gasteiger partial charge is 0.338 e. The molecule has 7 heteroatoms. The third-order valence-corrected chi connectivity index (χ3v) is 5.01. The molecule has 1 N–H and O–H groups in total. The van der Waals surface area contributed by atoms with E-state index in [4.69, 9.17) is 9.47 Å². The van der Waals surface area contributed by atoms with Crippen LogP contribution in [0, 0.1) is 11.8 Å². The van der Waals surface area contributed by atoms with Gasteiger partial charge in [-0.05, 0) is 54.6 Å². The van der Waals surface area contributed by atoms with Gasteiger partial charge < -0.3 is 14.8 Å². The van der Waals surface area contributed by atoms with Crippen LogP contribution >= 0.6 is 0 Å². The Kier molecular flexibility index (Phi) is 7.14. The monoisotopic (exact) mass is 463 g/mol. The number of nitrogens with zero attached hydrogens (tertiary/aromatic N) is 2. The van der Waals surface area contributed by atoms with Crippen molar-refractivity contribution in [2.45, 2.75) is 0 Å². The van der Waals surface area contributed by atoms with Crippen LogP contribution in [0.25, 0.3) is 11.3 Å². The standard InChI is InChI=1S/C28H21N3O4/c1-34-24-7-3-6-22(15-24)27(32)31-26-17-23(28(33)35-2)16-25(30-26)21-12-10-19(11-13-21)8-9-20-5-4-14-29-18-20/h3-7,10-18H,1-2H3,(H,30,31,32). The number of esters is 1. The number of rotatable bonds is 5. The average molecular weight is 463 g/mol. The van der Waals surface area contributed by atoms with E-state index in [-0.39, 0.29) is 17.3 Å². The molecule has 0 bridgehead atoms. The summed E-state index contributed by atoms with van der Waals surface area (Å²) in [6.45, 7) is 0. The van der Waals surface area contributed by atoms with E-state index < -0.39 is 5.97 Å². The second kappa shape index (κ2) is 10.8. The summed E-state index contributed by atoms with van der Waals surface area (Å²) in [6.07, 6.45) is 3.40. The number of benzene rings is 2. The number of carbonyl (C=O) groups is 2. The Bertz CT molecular complexity index is 1420. The van der Waals surface area contributed by atoms with Crippen LogP contribution in [0.2, 0.25) is 0 Å². The van der Waals surface area contributed by atoms with Gasteiger partial charge in [0.1, 0.15) is 11.6 Å². The highest BCUT2D eigenvalue weighted by atomic mass is 16.5. The summed E-state index contributed by atoms with van der Waals surface area (Å²) < 4.78 is 10.1. The molecule has 0 radical (unpaired) electrons. The Morgan fingerprint density at radius 2 is 1.66 bits per heavy atom. The highest BCUT2D eigenvalue weighted by molar-refractivity contribution is 6.04. The molecule has 0 aliphatic carbocycles. The van der Waals surface area contributed by atoms with Crippen molar-refractivity contribution in [3.05, 3.63) is 107 Å². The molecule has 0 aliphatic heterocycles. The zero-order chi connectivity index (χ0) is 24.6. The largest absolute Gasteiger partial charge is 0.497 e. The Balaban J connectivity index is 1.62. The molecule has 0 saturated heterocycles. The summed E-state index contributed by atoms with van der Waals surface area (Å²) in [5.41, 5.74) is 3.54. The van der Waals surface area contributed by atoms with Crippen LogP contribution in [0.15, 0.2) is 85.2 Å². The normalized spacial score (nSPS) is 10.0. The van der Waals surface area contributed by atoms with E-state index in [0.717, 1.165) is 16.7 Å². The maximum atomic E-state index is 12.8. The Morgan fingerprint density at radius 3 is 2.37 bits per heavy atom. The fraction of sp³-hybridized carbons (Fsp3) is 0.0714. The van der Waals surface area contributed by atoms with E-state index in [1.807, 2.05) is 36.4 Å². The number of carbonyl (C=O) groups excluding carboxylic acids is 2. The van der Waals surface area contributed by atoms with Crippen LogP contribution < -0.4 is 10.1 Å². The molecule has 2 aromatic carbocycles. The zero-order valence-corrected chi connectivity index (χ0v) is 19.1. The fourth-order valence-electron chi connectivity index (χ4n) is 3.24. The molecule has 0 fully saturated rings. The van der Waals surface area contributed by atoms with E-state index in [1.165, 1.54) is 20.3 Å². The van der Waals surface area contributed by atoms with Gasteiger partial charge in [-0.2, -0.15) is 0 Å². The third kappa shape index (κ3) is 5.89. The molecular formula is C28H21N3O4. The summed E-state index contributed by atoms with van der Waals surface area (Å²) in [6, 6.07) is 21.0. The molecule has 172 valence electrons. The summed E-state index contributed by atoms with van der Waals surface area (Å²) in [7, 11) is 2.83. The van der Waals surface area contributed by atoms with E-state index in [1.54, 1.807) is 42.7 Å². The van der Waals surface area contributed by atoms with Gasteiger partial charge in [0, 0.05) is 34.6 Å². The van der Waals surface area contributed by atoms with Gasteiger partial charge in [0.15, 0.2) is 0 Å². The molecule has 0 spiro atoms. The van der Waals surface area contributed by atoms with Gasteiger partial charge in [0.25, 0.3) is 5.91 Å². The summed E-state index contributed by atoms with van der Waals surface area (Å²) in [5, 5.41) is 2.75. The number of hydrogen-bond donors (Lipinski definition) is 1. The summed E-state index contributed by atoms with van der Waals surface area (Å²) in [5.74, 6) is 6.01. The summed E-state index contributed by atoms with van der Waals surface area (Å²) >= 11 is 0. The molecule has 0 atom stereocenters. The van der Waals surface area contributed by atoms with Gasteiger partial charge >= 0.3 is 5.97 Å². The van der Waals surface area contributed by atoms with Crippen LogP contribution in [0.5, 0.6) is 5.75 Å². The summed E-state index contributed by atoms with van der Waals surface area (Å²) in [4.78, 5) is 33.6. The van der Waals surface area contributed by atoms with Gasteiger partial charge in [-0.3, -0.25) is 9.78 Å². The lowest BCUT2D eigenvalue weighted by atomic mass is 10.1. The van der Waals surface area contributed by atoms with Crippen LogP contribution in [0.1, 0.15) is 31.8 Å². The number of amides is 1. The third-order valence-electron chi connectivity index (χ3n) is 5.01. The van der Waals surface area contributed by atoms with E-state index in [0.29, 0.717) is 17.0 Å². The van der Waals surface area contributed by atoms with Gasteiger partial charge in [0.2, 0.25) is 0 Å². The van der Waals surface area contributed by atoms with Crippen molar-refractivity contribution >= 4 is 17.7 Å². The van der Waals surface area contributed by atoms with Gasteiger partial charge in [-0.25, -0.2) is 9.78 Å². The first kappa shape index (κ1) is 23.2. The second-order valence-electron chi connectivity index (χ2n) is 7.37. The first-order valence-electron chi connectivity index (χ1n) is 10.6. The molecule has 0 aliphatic rings. The molecule has 1 amide bonds. The minimum Gasteiger partial charge on any atom is -0.497 e. The SMILES string of the molecule is COC(=O)c1cc(NC(=O)c2cccc(OC)c2)nc(-c2ccc(C#Cc3cccnc3)cc2)c1. The van der Waals surface area contributed by atoms with Crippen LogP contribution in [-0.2, 0) is 4.74 Å². The minimum absolute atomic E-state index is 0.219. The van der Waals surface area contributed by atoms with Crippen LogP contribution in [0.4, 0.5) is 5.82 Å². The van der Waals surface area contributed by atoms with Crippen molar-refractivity contribution in [1.29, 1.82) is 0 Å². The number of methoxy groups -OCH3 is 2. The first-order chi connectivity index (χ1) is 17.1. The van der Waals surface area contributed by atoms with Gasteiger partial charge in [-0.15, -0.1) is 0 Å². The van der Waals surface area contributed by atoms with Crippen molar-refractivity contribution in [1.82, 2.24) is 9.97 Å². The molecule has 0 saturated carbocycles. The lowest BCUT2D eigenvalue weighted by molar-refractivity contribution is 0.0600. The topological polar surface area (TPSA) is 90.4 Å². The molecule has 7 nitrogen and oxygen atoms in total. The number of aromatic nitrogens is 2. The lowest BCUT2D eigenvalue weighted by Crippen LogP contribution is -2.14. The molecular weight excluding hydrogens is 442 g/mol. The van der Waals surface area contributed by atoms with Crippen LogP contribution in [0.3, 0.4) is 0 Å². The lowest BCUT2D eigenvalue weighted by Gasteiger charge is -2.10. The minimum atomic E-state index is -0.538. The Labute approximate surface area is 202 Å². The Hall–Kier alpha value is -4.96. The van der Waals surface area contributed by atoms with Crippen molar-refractivity contribution in [3.8, 4) is 28.8 Å². The van der Waals surface area contributed by atoms with E-state index in [2.05, 4.69) is 27.1 Å². The highest BCUT2D eigenvalue weighted by Gasteiger charge is 2.14. The maximum absolute atomic E-state index is 12.8. The number of nitrogens with one attached hydrogen (secondary N) is 1. The van der Waals surface area contributed by atoms with Crippen molar-refractivity contribution < 1.29 is 19.1 Å².